The maximum atomic E-state index is 11.2. The van der Waals surface area contributed by atoms with Crippen molar-refractivity contribution in [3.8, 4) is 11.1 Å². The molecule has 6 rings (SSSR count). The Hall–Kier alpha value is -1.89. The van der Waals surface area contributed by atoms with Crippen molar-refractivity contribution in [3.05, 3.63) is 59.7 Å². The lowest BCUT2D eigenvalue weighted by Crippen LogP contribution is -2.45. The minimum Gasteiger partial charge on any atom is -0.285 e. The van der Waals surface area contributed by atoms with E-state index >= 15 is 0 Å². The quantitative estimate of drug-likeness (QED) is 0.731. The fraction of sp³-hybridized carbons (Fsp3) is 0.458. The highest BCUT2D eigenvalue weighted by Gasteiger charge is 2.47. The van der Waals surface area contributed by atoms with Gasteiger partial charge >= 0.3 is 0 Å². The van der Waals surface area contributed by atoms with Crippen molar-refractivity contribution in [1.29, 1.82) is 0 Å². The summed E-state index contributed by atoms with van der Waals surface area (Å²) in [4.78, 5) is 11.2. The molecule has 127 valence electrons. The van der Waals surface area contributed by atoms with Crippen LogP contribution in [0.5, 0.6) is 0 Å². The zero-order valence-electron chi connectivity index (χ0n) is 14.7. The molecule has 0 unspecified atom stereocenters. The van der Waals surface area contributed by atoms with E-state index in [-0.39, 0.29) is 0 Å². The molecular weight excluding hydrogens is 304 g/mol. The molecule has 0 aromatic heterocycles. The molecule has 0 heterocycles. The minimum absolute atomic E-state index is 0.693. The molecule has 0 atom stereocenters. The Balaban J connectivity index is 1.50. The first-order chi connectivity index (χ1) is 12.3. The van der Waals surface area contributed by atoms with Gasteiger partial charge in [0, 0.05) is 5.56 Å². The third-order valence-electron chi connectivity index (χ3n) is 7.19. The van der Waals surface area contributed by atoms with Crippen LogP contribution in [0.3, 0.4) is 0 Å². The molecule has 4 bridgehead atoms. The van der Waals surface area contributed by atoms with E-state index in [2.05, 4.69) is 48.8 Å². The van der Waals surface area contributed by atoms with Crippen LogP contribution in [0.2, 0.25) is 0 Å². The molecule has 2 aromatic carbocycles. The summed E-state index contributed by atoms with van der Waals surface area (Å²) >= 11 is 0. The van der Waals surface area contributed by atoms with E-state index in [0.29, 0.717) is 5.56 Å². The maximum Gasteiger partial charge on any atom is 0.233 e. The fourth-order valence-corrected chi connectivity index (χ4v) is 6.35. The summed E-state index contributed by atoms with van der Waals surface area (Å²) in [5.41, 5.74) is 4.61. The van der Waals surface area contributed by atoms with Crippen molar-refractivity contribution in [2.24, 2.45) is 29.6 Å². The summed E-state index contributed by atoms with van der Waals surface area (Å²) in [7, 11) is 0. The van der Waals surface area contributed by atoms with Gasteiger partial charge in [0.25, 0.3) is 0 Å². The molecular formula is C24H25O. The van der Waals surface area contributed by atoms with Gasteiger partial charge < -0.3 is 0 Å². The van der Waals surface area contributed by atoms with Gasteiger partial charge in [-0.2, -0.15) is 0 Å². The van der Waals surface area contributed by atoms with Crippen molar-refractivity contribution < 1.29 is 4.79 Å². The van der Waals surface area contributed by atoms with Crippen LogP contribution in [-0.4, -0.2) is 6.29 Å². The number of benzene rings is 2. The monoisotopic (exact) mass is 329 g/mol. The average Bonchev–Trinajstić information content (AvgIpc) is 2.64. The third-order valence-corrected chi connectivity index (χ3v) is 7.19. The van der Waals surface area contributed by atoms with Gasteiger partial charge in [-0.1, -0.05) is 42.5 Å². The summed E-state index contributed by atoms with van der Waals surface area (Å²) in [5, 5.41) is 0. The Morgan fingerprint density at radius 3 is 2.16 bits per heavy atom. The van der Waals surface area contributed by atoms with Crippen LogP contribution in [0.15, 0.2) is 48.5 Å². The second-order valence-electron chi connectivity index (χ2n) is 8.64. The Kier molecular flexibility index (Phi) is 3.77. The van der Waals surface area contributed by atoms with Crippen molar-refractivity contribution in [3.63, 3.8) is 0 Å². The largest absolute Gasteiger partial charge is 0.285 e. The van der Waals surface area contributed by atoms with Crippen LogP contribution in [0.1, 0.15) is 43.2 Å². The highest BCUT2D eigenvalue weighted by atomic mass is 16.1. The molecule has 2 aromatic rings. The second kappa shape index (κ2) is 6.12. The molecule has 0 aliphatic heterocycles. The smallest absolute Gasteiger partial charge is 0.233 e. The van der Waals surface area contributed by atoms with Gasteiger partial charge in [0.2, 0.25) is 6.29 Å². The SMILES string of the molecule is O=[C]c1ccc(-c2ccccc2)c(CC2C3CC4CC(C3)CC2C4)c1. The van der Waals surface area contributed by atoms with Crippen molar-refractivity contribution in [1.82, 2.24) is 0 Å². The summed E-state index contributed by atoms with van der Waals surface area (Å²) in [6.07, 6.45) is 10.6. The van der Waals surface area contributed by atoms with E-state index in [1.807, 2.05) is 6.07 Å². The Morgan fingerprint density at radius 2 is 1.52 bits per heavy atom. The van der Waals surface area contributed by atoms with E-state index in [1.54, 1.807) is 0 Å². The molecule has 0 N–H and O–H groups in total. The Morgan fingerprint density at radius 1 is 0.840 bits per heavy atom. The molecule has 4 fully saturated rings. The molecule has 4 aliphatic rings. The zero-order valence-corrected chi connectivity index (χ0v) is 14.7. The summed E-state index contributed by atoms with van der Waals surface area (Å²) < 4.78 is 0. The summed E-state index contributed by atoms with van der Waals surface area (Å²) in [6, 6.07) is 16.8. The molecule has 0 saturated heterocycles. The highest BCUT2D eigenvalue weighted by molar-refractivity contribution is 5.79. The van der Waals surface area contributed by atoms with Gasteiger partial charge in [-0.15, -0.1) is 0 Å². The van der Waals surface area contributed by atoms with E-state index in [0.717, 1.165) is 36.0 Å². The zero-order chi connectivity index (χ0) is 16.8. The minimum atomic E-state index is 0.693. The van der Waals surface area contributed by atoms with Crippen LogP contribution < -0.4 is 0 Å². The number of carbonyl (C=O) groups excluding carboxylic acids is 1. The average molecular weight is 329 g/mol. The van der Waals surface area contributed by atoms with E-state index < -0.39 is 0 Å². The van der Waals surface area contributed by atoms with Crippen molar-refractivity contribution >= 4 is 6.29 Å². The standard InChI is InChI=1S/C24H25O/c25-15-16-6-7-23(19-4-2-1-3-5-19)22(9-16)14-24-20-10-17-8-18(12-20)13-21(24)11-17/h1-7,9,17-18,20-21,24H,8,10-14H2. The van der Waals surface area contributed by atoms with Crippen molar-refractivity contribution in [2.75, 3.05) is 0 Å². The van der Waals surface area contributed by atoms with Gasteiger partial charge in [0.15, 0.2) is 0 Å². The van der Waals surface area contributed by atoms with E-state index in [9.17, 15) is 4.79 Å². The highest BCUT2D eigenvalue weighted by Crippen LogP contribution is 2.57. The molecule has 1 nitrogen and oxygen atoms in total. The molecule has 1 radical (unpaired) electrons. The van der Waals surface area contributed by atoms with Crippen LogP contribution in [0.4, 0.5) is 0 Å². The van der Waals surface area contributed by atoms with E-state index in [4.69, 9.17) is 0 Å². The lowest BCUT2D eigenvalue weighted by atomic mass is 9.51. The summed E-state index contributed by atoms with van der Waals surface area (Å²) in [6.45, 7) is 0. The first kappa shape index (κ1) is 15.4. The topological polar surface area (TPSA) is 17.1 Å². The fourth-order valence-electron chi connectivity index (χ4n) is 6.35. The third kappa shape index (κ3) is 2.74. The van der Waals surface area contributed by atoms with Crippen LogP contribution >= 0.6 is 0 Å². The van der Waals surface area contributed by atoms with Gasteiger partial charge in [-0.05, 0) is 90.9 Å². The van der Waals surface area contributed by atoms with Crippen LogP contribution in [-0.2, 0) is 11.2 Å². The maximum absolute atomic E-state index is 11.2. The predicted molar refractivity (Wildman–Crippen MR) is 101 cm³/mol. The number of hydrogen-bond donors (Lipinski definition) is 0. The van der Waals surface area contributed by atoms with Gasteiger partial charge in [-0.3, -0.25) is 4.79 Å². The molecule has 0 amide bonds. The van der Waals surface area contributed by atoms with E-state index in [1.165, 1.54) is 48.8 Å². The predicted octanol–water partition coefficient (Wildman–Crippen LogP) is 5.43. The van der Waals surface area contributed by atoms with Gasteiger partial charge in [0.1, 0.15) is 0 Å². The lowest BCUT2D eigenvalue weighted by Gasteiger charge is -2.54. The first-order valence-electron chi connectivity index (χ1n) is 9.86. The lowest BCUT2D eigenvalue weighted by molar-refractivity contribution is -0.0359. The molecule has 4 saturated carbocycles. The van der Waals surface area contributed by atoms with Crippen LogP contribution in [0.25, 0.3) is 11.1 Å². The Labute approximate surface area is 150 Å². The van der Waals surface area contributed by atoms with Gasteiger partial charge in [-0.25, -0.2) is 0 Å². The van der Waals surface area contributed by atoms with Crippen molar-refractivity contribution in [2.45, 2.75) is 38.5 Å². The number of rotatable bonds is 4. The van der Waals surface area contributed by atoms with Gasteiger partial charge in [0.05, 0.1) is 0 Å². The normalized spacial score (nSPS) is 32.7. The molecule has 25 heavy (non-hydrogen) atoms. The molecule has 1 heteroatoms. The summed E-state index contributed by atoms with van der Waals surface area (Å²) in [5.74, 6) is 4.69. The molecule has 0 spiro atoms. The van der Waals surface area contributed by atoms with Crippen LogP contribution in [0, 0.1) is 29.6 Å². The first-order valence-corrected chi connectivity index (χ1v) is 9.86. The Bertz CT molecular complexity index is 748. The number of hydrogen-bond acceptors (Lipinski definition) is 1. The molecule has 4 aliphatic carbocycles. The second-order valence-corrected chi connectivity index (χ2v) is 8.64.